The molecule has 1 aromatic heterocycles. The van der Waals surface area contributed by atoms with E-state index < -0.39 is 0 Å². The Balaban J connectivity index is 2.91. The zero-order chi connectivity index (χ0) is 9.84. The van der Waals surface area contributed by atoms with Crippen LogP contribution in [0.5, 0.6) is 0 Å². The zero-order valence-corrected chi connectivity index (χ0v) is 9.79. The molecule has 0 saturated carbocycles. The van der Waals surface area contributed by atoms with E-state index in [4.69, 9.17) is 4.74 Å². The highest BCUT2D eigenvalue weighted by atomic mass is 79.9. The first kappa shape index (κ1) is 10.5. The predicted octanol–water partition coefficient (Wildman–Crippen LogP) is 2.73. The second-order valence-corrected chi connectivity index (χ2v) is 4.70. The van der Waals surface area contributed by atoms with Gasteiger partial charge in [0.05, 0.1) is 16.1 Å². The van der Waals surface area contributed by atoms with Gasteiger partial charge in [-0.25, -0.2) is 4.79 Å². The fraction of sp³-hybridized carbons (Fsp3) is 0.375. The molecular formula is C8H10BrNO2S. The molecule has 1 aromatic rings. The van der Waals surface area contributed by atoms with E-state index >= 15 is 0 Å². The van der Waals surface area contributed by atoms with Crippen molar-refractivity contribution < 1.29 is 9.53 Å². The normalized spacial score (nSPS) is 9.77. The molecule has 0 unspecified atom stereocenters. The van der Waals surface area contributed by atoms with E-state index in [0.717, 1.165) is 9.47 Å². The van der Waals surface area contributed by atoms with Crippen molar-refractivity contribution in [2.75, 3.05) is 19.0 Å². The third-order valence-corrected chi connectivity index (χ3v) is 3.05. The van der Waals surface area contributed by atoms with Crippen molar-refractivity contribution in [1.82, 2.24) is 0 Å². The summed E-state index contributed by atoms with van der Waals surface area (Å²) in [6.07, 6.45) is 0. The van der Waals surface area contributed by atoms with E-state index in [1.54, 1.807) is 14.0 Å². The number of rotatable bonds is 3. The van der Waals surface area contributed by atoms with Gasteiger partial charge in [-0.15, -0.1) is 11.3 Å². The van der Waals surface area contributed by atoms with Crippen LogP contribution in [0.1, 0.15) is 16.6 Å². The van der Waals surface area contributed by atoms with Crippen molar-refractivity contribution >= 4 is 38.9 Å². The maximum atomic E-state index is 11.4. The minimum Gasteiger partial charge on any atom is -0.462 e. The minimum atomic E-state index is -0.275. The van der Waals surface area contributed by atoms with E-state index in [2.05, 4.69) is 21.2 Å². The SMILES string of the molecule is CCOC(=O)c1sc(Br)cc1NC. The molecule has 0 aliphatic carbocycles. The first-order valence-electron chi connectivity index (χ1n) is 3.83. The molecule has 1 N–H and O–H groups in total. The van der Waals surface area contributed by atoms with Crippen molar-refractivity contribution in [1.29, 1.82) is 0 Å². The van der Waals surface area contributed by atoms with Crippen LogP contribution in [0.25, 0.3) is 0 Å². The standard InChI is InChI=1S/C8H10BrNO2S/c1-3-12-8(11)7-5(10-2)4-6(9)13-7/h4,10H,3H2,1-2H3. The van der Waals surface area contributed by atoms with Crippen molar-refractivity contribution in [2.24, 2.45) is 0 Å². The molecule has 0 aliphatic heterocycles. The zero-order valence-electron chi connectivity index (χ0n) is 7.39. The van der Waals surface area contributed by atoms with Gasteiger partial charge >= 0.3 is 5.97 Å². The summed E-state index contributed by atoms with van der Waals surface area (Å²) < 4.78 is 5.81. The van der Waals surface area contributed by atoms with Gasteiger partial charge in [-0.2, -0.15) is 0 Å². The van der Waals surface area contributed by atoms with Gasteiger partial charge in [0.25, 0.3) is 0 Å². The van der Waals surface area contributed by atoms with Crippen LogP contribution in [0, 0.1) is 0 Å². The second-order valence-electron chi connectivity index (χ2n) is 2.26. The number of halogens is 1. The lowest BCUT2D eigenvalue weighted by Gasteiger charge is -2.01. The lowest BCUT2D eigenvalue weighted by molar-refractivity contribution is 0.0533. The summed E-state index contributed by atoms with van der Waals surface area (Å²) in [5, 5.41) is 2.94. The summed E-state index contributed by atoms with van der Waals surface area (Å²) in [4.78, 5) is 12.0. The molecule has 1 rings (SSSR count). The van der Waals surface area contributed by atoms with Gasteiger partial charge in [0.2, 0.25) is 0 Å². The molecule has 0 aromatic carbocycles. The summed E-state index contributed by atoms with van der Waals surface area (Å²) >= 11 is 4.68. The molecule has 3 nitrogen and oxygen atoms in total. The molecule has 1 heterocycles. The summed E-state index contributed by atoms with van der Waals surface area (Å²) in [6.45, 7) is 2.19. The van der Waals surface area contributed by atoms with E-state index in [0.29, 0.717) is 11.5 Å². The Labute approximate surface area is 89.2 Å². The quantitative estimate of drug-likeness (QED) is 0.853. The predicted molar refractivity (Wildman–Crippen MR) is 57.5 cm³/mol. The van der Waals surface area contributed by atoms with Crippen LogP contribution in [0.4, 0.5) is 5.69 Å². The fourth-order valence-electron chi connectivity index (χ4n) is 0.895. The summed E-state index contributed by atoms with van der Waals surface area (Å²) in [5.41, 5.74) is 0.801. The highest BCUT2D eigenvalue weighted by Gasteiger charge is 2.15. The van der Waals surface area contributed by atoms with Crippen LogP contribution in [0.3, 0.4) is 0 Å². The monoisotopic (exact) mass is 263 g/mol. The maximum Gasteiger partial charge on any atom is 0.350 e. The smallest absolute Gasteiger partial charge is 0.350 e. The second kappa shape index (κ2) is 4.62. The Morgan fingerprint density at radius 1 is 1.77 bits per heavy atom. The van der Waals surface area contributed by atoms with Crippen molar-refractivity contribution in [3.8, 4) is 0 Å². The Morgan fingerprint density at radius 2 is 2.46 bits per heavy atom. The molecule has 0 aliphatic rings. The van der Waals surface area contributed by atoms with E-state index in [1.165, 1.54) is 11.3 Å². The molecular weight excluding hydrogens is 254 g/mol. The van der Waals surface area contributed by atoms with Crippen LogP contribution >= 0.6 is 27.3 Å². The number of ether oxygens (including phenoxy) is 1. The van der Waals surface area contributed by atoms with Gasteiger partial charge in [-0.3, -0.25) is 0 Å². The minimum absolute atomic E-state index is 0.275. The molecule has 0 saturated heterocycles. The van der Waals surface area contributed by atoms with Gasteiger partial charge in [0.15, 0.2) is 0 Å². The molecule has 0 spiro atoms. The van der Waals surface area contributed by atoms with Crippen LogP contribution in [0.2, 0.25) is 0 Å². The molecule has 5 heteroatoms. The third-order valence-electron chi connectivity index (χ3n) is 1.43. The van der Waals surface area contributed by atoms with Crippen LogP contribution in [0.15, 0.2) is 9.85 Å². The van der Waals surface area contributed by atoms with Gasteiger partial charge < -0.3 is 10.1 Å². The van der Waals surface area contributed by atoms with E-state index in [-0.39, 0.29) is 5.97 Å². The van der Waals surface area contributed by atoms with Gasteiger partial charge in [0, 0.05) is 7.05 Å². The Kier molecular flexibility index (Phi) is 3.74. The number of hydrogen-bond donors (Lipinski definition) is 1. The largest absolute Gasteiger partial charge is 0.462 e. The molecule has 0 atom stereocenters. The summed E-state index contributed by atoms with van der Waals surface area (Å²) in [7, 11) is 1.78. The average Bonchev–Trinajstić information content (AvgIpc) is 2.47. The lowest BCUT2D eigenvalue weighted by Crippen LogP contribution is -2.04. The first-order chi connectivity index (χ1) is 6.19. The van der Waals surface area contributed by atoms with Crippen LogP contribution in [-0.4, -0.2) is 19.6 Å². The van der Waals surface area contributed by atoms with Crippen molar-refractivity contribution in [2.45, 2.75) is 6.92 Å². The fourth-order valence-corrected chi connectivity index (χ4v) is 2.39. The van der Waals surface area contributed by atoms with Crippen LogP contribution < -0.4 is 5.32 Å². The number of carbonyl (C=O) groups excluding carboxylic acids is 1. The first-order valence-corrected chi connectivity index (χ1v) is 5.44. The highest BCUT2D eigenvalue weighted by molar-refractivity contribution is 9.11. The Hall–Kier alpha value is -0.550. The highest BCUT2D eigenvalue weighted by Crippen LogP contribution is 2.31. The number of carbonyl (C=O) groups is 1. The third kappa shape index (κ3) is 2.45. The van der Waals surface area contributed by atoms with Gasteiger partial charge in [0.1, 0.15) is 4.88 Å². The molecule has 0 bridgehead atoms. The Morgan fingerprint density at radius 3 is 3.00 bits per heavy atom. The number of hydrogen-bond acceptors (Lipinski definition) is 4. The molecule has 0 radical (unpaired) electrons. The van der Waals surface area contributed by atoms with Gasteiger partial charge in [-0.05, 0) is 28.9 Å². The maximum absolute atomic E-state index is 11.4. The topological polar surface area (TPSA) is 38.3 Å². The average molecular weight is 264 g/mol. The number of thiophene rings is 1. The van der Waals surface area contributed by atoms with Crippen LogP contribution in [-0.2, 0) is 4.74 Å². The molecule has 72 valence electrons. The Bertz CT molecular complexity index is 311. The molecule has 0 amide bonds. The van der Waals surface area contributed by atoms with Crippen molar-refractivity contribution in [3.05, 3.63) is 14.7 Å². The summed E-state index contributed by atoms with van der Waals surface area (Å²) in [5.74, 6) is -0.275. The number of nitrogens with one attached hydrogen (secondary N) is 1. The number of esters is 1. The lowest BCUT2D eigenvalue weighted by atomic mass is 10.4. The molecule has 0 fully saturated rings. The molecule has 13 heavy (non-hydrogen) atoms. The van der Waals surface area contributed by atoms with E-state index in [9.17, 15) is 4.79 Å². The number of anilines is 1. The van der Waals surface area contributed by atoms with Gasteiger partial charge in [-0.1, -0.05) is 0 Å². The van der Waals surface area contributed by atoms with E-state index in [1.807, 2.05) is 6.07 Å². The summed E-state index contributed by atoms with van der Waals surface area (Å²) in [6, 6.07) is 1.86. The van der Waals surface area contributed by atoms with Crippen molar-refractivity contribution in [3.63, 3.8) is 0 Å².